The fourth-order valence-electron chi connectivity index (χ4n) is 3.56. The van der Waals surface area contributed by atoms with E-state index in [1.807, 2.05) is 0 Å². The minimum absolute atomic E-state index is 0.0136. The highest BCUT2D eigenvalue weighted by atomic mass is 127. The Morgan fingerprint density at radius 2 is 2.31 bits per heavy atom. The molecule has 5 heteroatoms. The van der Waals surface area contributed by atoms with Gasteiger partial charge in [0.15, 0.2) is 0 Å². The van der Waals surface area contributed by atoms with E-state index in [2.05, 4.69) is 22.6 Å². The number of carbonyl (C=O) groups is 2. The van der Waals surface area contributed by atoms with Crippen molar-refractivity contribution < 1.29 is 19.1 Å². The Bertz CT molecular complexity index is 356. The quantitative estimate of drug-likeness (QED) is 0.431. The first-order valence-electron chi connectivity index (χ1n) is 5.57. The monoisotopic (exact) mass is 336 g/mol. The van der Waals surface area contributed by atoms with E-state index in [-0.39, 0.29) is 29.9 Å². The largest absolute Gasteiger partial charge is 0.466 e. The van der Waals surface area contributed by atoms with Crippen LogP contribution in [0.5, 0.6) is 0 Å². The zero-order chi connectivity index (χ0) is 11.4. The molecule has 0 amide bonds. The third kappa shape index (κ3) is 1.33. The lowest BCUT2D eigenvalue weighted by atomic mass is 9.80. The van der Waals surface area contributed by atoms with Gasteiger partial charge in [0, 0.05) is 18.8 Å². The number of ether oxygens (including phenoxy) is 2. The minimum Gasteiger partial charge on any atom is -0.466 e. The molecule has 0 N–H and O–H groups in total. The summed E-state index contributed by atoms with van der Waals surface area (Å²) in [4.78, 5) is 22.6. The van der Waals surface area contributed by atoms with E-state index in [1.54, 1.807) is 0 Å². The third-order valence-corrected chi connectivity index (χ3v) is 5.80. The lowest BCUT2D eigenvalue weighted by molar-refractivity contribution is -0.148. The molecule has 2 saturated carbocycles. The van der Waals surface area contributed by atoms with Gasteiger partial charge < -0.3 is 9.47 Å². The fourth-order valence-corrected chi connectivity index (χ4v) is 5.07. The van der Waals surface area contributed by atoms with Gasteiger partial charge in [-0.3, -0.25) is 9.59 Å². The lowest BCUT2D eigenvalue weighted by Crippen LogP contribution is -2.36. The summed E-state index contributed by atoms with van der Waals surface area (Å²) in [6.45, 7) is 1.78. The van der Waals surface area contributed by atoms with E-state index in [1.165, 1.54) is 6.92 Å². The Balaban J connectivity index is 1.80. The molecule has 0 spiro atoms. The highest BCUT2D eigenvalue weighted by Gasteiger charge is 2.65. The van der Waals surface area contributed by atoms with E-state index in [9.17, 15) is 9.59 Å². The molecule has 0 unspecified atom stereocenters. The summed E-state index contributed by atoms with van der Waals surface area (Å²) in [5.74, 6) is 0.679. The van der Waals surface area contributed by atoms with Gasteiger partial charge in [0.2, 0.25) is 0 Å². The first-order chi connectivity index (χ1) is 7.59. The van der Waals surface area contributed by atoms with Crippen LogP contribution in [0.3, 0.4) is 0 Å². The van der Waals surface area contributed by atoms with Crippen molar-refractivity contribution in [3.8, 4) is 0 Å². The fraction of sp³-hybridized carbons (Fsp3) is 0.818. The van der Waals surface area contributed by atoms with Crippen LogP contribution < -0.4 is 0 Å². The summed E-state index contributed by atoms with van der Waals surface area (Å²) in [5.41, 5.74) is 0. The number of fused-ring (bicyclic) bond motifs is 1. The number of carbonyl (C=O) groups excluding carboxylic acids is 2. The SMILES string of the molecule is CC(=O)OC[C@H]1[C@H]2C[C@@H]3[C@@H](OC(=O)[C@H]31)[C@H]2I. The molecular weight excluding hydrogens is 323 g/mol. The number of halogens is 1. The molecule has 3 aliphatic rings. The second-order valence-electron chi connectivity index (χ2n) is 4.90. The Hall–Kier alpha value is -0.330. The van der Waals surface area contributed by atoms with Gasteiger partial charge in [-0.05, 0) is 12.3 Å². The van der Waals surface area contributed by atoms with Gasteiger partial charge in [-0.1, -0.05) is 22.6 Å². The Labute approximate surface area is 107 Å². The van der Waals surface area contributed by atoms with E-state index >= 15 is 0 Å². The van der Waals surface area contributed by atoms with E-state index in [4.69, 9.17) is 9.47 Å². The Morgan fingerprint density at radius 3 is 3.00 bits per heavy atom. The maximum absolute atomic E-state index is 11.7. The molecule has 88 valence electrons. The maximum atomic E-state index is 11.7. The van der Waals surface area contributed by atoms with Crippen LogP contribution in [0.25, 0.3) is 0 Å². The Morgan fingerprint density at radius 1 is 1.56 bits per heavy atom. The lowest BCUT2D eigenvalue weighted by Gasteiger charge is -2.27. The van der Waals surface area contributed by atoms with Crippen molar-refractivity contribution in [3.63, 3.8) is 0 Å². The van der Waals surface area contributed by atoms with Crippen molar-refractivity contribution in [2.24, 2.45) is 23.7 Å². The molecule has 4 nitrogen and oxygen atoms in total. The van der Waals surface area contributed by atoms with E-state index in [0.29, 0.717) is 22.4 Å². The first-order valence-corrected chi connectivity index (χ1v) is 6.82. The van der Waals surface area contributed by atoms with Crippen LogP contribution in [0.15, 0.2) is 0 Å². The molecule has 6 atom stereocenters. The van der Waals surface area contributed by atoms with Gasteiger partial charge >= 0.3 is 11.9 Å². The third-order valence-electron chi connectivity index (χ3n) is 4.17. The number of hydrogen-bond acceptors (Lipinski definition) is 4. The summed E-state index contributed by atoms with van der Waals surface area (Å²) in [5, 5.41) is 0. The van der Waals surface area contributed by atoms with Gasteiger partial charge in [-0.2, -0.15) is 0 Å². The van der Waals surface area contributed by atoms with Gasteiger partial charge in [0.25, 0.3) is 0 Å². The van der Waals surface area contributed by atoms with Crippen LogP contribution in [-0.4, -0.2) is 28.6 Å². The number of alkyl halides is 1. The molecule has 1 heterocycles. The van der Waals surface area contributed by atoms with Crippen molar-refractivity contribution in [1.82, 2.24) is 0 Å². The van der Waals surface area contributed by atoms with Crippen LogP contribution in [0.4, 0.5) is 0 Å². The minimum atomic E-state index is -0.268. The molecule has 0 aromatic rings. The molecule has 2 bridgehead atoms. The van der Waals surface area contributed by atoms with Crippen molar-refractivity contribution in [1.29, 1.82) is 0 Å². The summed E-state index contributed by atoms with van der Waals surface area (Å²) >= 11 is 2.38. The molecule has 0 radical (unpaired) electrons. The molecule has 0 aromatic heterocycles. The van der Waals surface area contributed by atoms with Crippen LogP contribution in [0.2, 0.25) is 0 Å². The normalized spacial score (nSPS) is 48.2. The highest BCUT2D eigenvalue weighted by molar-refractivity contribution is 14.1. The zero-order valence-electron chi connectivity index (χ0n) is 8.89. The summed E-state index contributed by atoms with van der Waals surface area (Å²) < 4.78 is 10.9. The van der Waals surface area contributed by atoms with Crippen molar-refractivity contribution in [2.75, 3.05) is 6.61 Å². The number of rotatable bonds is 2. The van der Waals surface area contributed by atoms with Crippen molar-refractivity contribution >= 4 is 34.5 Å². The van der Waals surface area contributed by atoms with Gasteiger partial charge in [0.05, 0.1) is 16.4 Å². The first kappa shape index (κ1) is 10.8. The van der Waals surface area contributed by atoms with E-state index in [0.717, 1.165) is 6.42 Å². The number of hydrogen-bond donors (Lipinski definition) is 0. The molecule has 1 saturated heterocycles. The average molecular weight is 336 g/mol. The molecule has 2 aliphatic carbocycles. The predicted octanol–water partition coefficient (Wildman–Crippen LogP) is 1.16. The summed E-state index contributed by atoms with van der Waals surface area (Å²) in [6.07, 6.45) is 1.18. The van der Waals surface area contributed by atoms with Gasteiger partial charge in [-0.15, -0.1) is 0 Å². The average Bonchev–Trinajstić information content (AvgIpc) is 2.79. The smallest absolute Gasteiger partial charge is 0.310 e. The molecule has 3 rings (SSSR count). The highest BCUT2D eigenvalue weighted by Crippen LogP contribution is 2.59. The Kier molecular flexibility index (Phi) is 2.42. The van der Waals surface area contributed by atoms with Crippen LogP contribution in [0, 0.1) is 23.7 Å². The van der Waals surface area contributed by atoms with E-state index < -0.39 is 0 Å². The second kappa shape index (κ2) is 3.58. The predicted molar refractivity (Wildman–Crippen MR) is 62.9 cm³/mol. The van der Waals surface area contributed by atoms with Crippen LogP contribution in [0.1, 0.15) is 13.3 Å². The maximum Gasteiger partial charge on any atom is 0.310 e. The molecular formula is C11H13IO4. The zero-order valence-corrected chi connectivity index (χ0v) is 11.0. The number of esters is 2. The van der Waals surface area contributed by atoms with Crippen molar-refractivity contribution in [3.05, 3.63) is 0 Å². The standard InChI is InChI=1S/C11H13IO4/c1-4(13)15-3-7-5-2-6-8(7)11(14)16-10(6)9(5)12/h5-10H,2-3H2,1H3/t5-,6+,7+,8-,9+,10-/m1/s1. The topological polar surface area (TPSA) is 52.6 Å². The van der Waals surface area contributed by atoms with Crippen LogP contribution in [-0.2, 0) is 19.1 Å². The molecule has 16 heavy (non-hydrogen) atoms. The molecule has 0 aromatic carbocycles. The van der Waals surface area contributed by atoms with Gasteiger partial charge in [-0.25, -0.2) is 0 Å². The molecule has 3 fully saturated rings. The van der Waals surface area contributed by atoms with Crippen molar-refractivity contribution in [2.45, 2.75) is 23.4 Å². The molecule has 1 aliphatic heterocycles. The second-order valence-corrected chi connectivity index (χ2v) is 6.34. The van der Waals surface area contributed by atoms with Gasteiger partial charge in [0.1, 0.15) is 6.10 Å². The summed E-state index contributed by atoms with van der Waals surface area (Å²) in [6, 6.07) is 0. The van der Waals surface area contributed by atoms with Crippen LogP contribution >= 0.6 is 22.6 Å². The summed E-state index contributed by atoms with van der Waals surface area (Å²) in [7, 11) is 0.